The normalized spacial score (nSPS) is 19.3. The highest BCUT2D eigenvalue weighted by molar-refractivity contribution is 8.01. The molecule has 1 N–H and O–H groups in total. The largest absolute Gasteiger partial charge is 0.323 e. The van der Waals surface area contributed by atoms with E-state index in [1.165, 1.54) is 17.3 Å². The van der Waals surface area contributed by atoms with Crippen LogP contribution in [0.4, 0.5) is 16.2 Å². The lowest BCUT2D eigenvalue weighted by Crippen LogP contribution is -2.51. The molecule has 3 aromatic rings. The molecule has 2 aliphatic heterocycles. The Bertz CT molecular complexity index is 1250. The fraction of sp³-hybridized carbons (Fsp3) is 0.231. The van der Waals surface area contributed by atoms with Gasteiger partial charge in [0.15, 0.2) is 4.87 Å². The van der Waals surface area contributed by atoms with Crippen molar-refractivity contribution in [2.75, 3.05) is 22.5 Å². The molecular weight excluding hydrogens is 454 g/mol. The third-order valence-electron chi connectivity index (χ3n) is 6.13. The maximum absolute atomic E-state index is 14.1. The first kappa shape index (κ1) is 21.9. The summed E-state index contributed by atoms with van der Waals surface area (Å²) in [6.45, 7) is 5.00. The number of nitrogens with zero attached hydrogens (tertiary/aromatic N) is 2. The molecule has 0 saturated carbocycles. The highest BCUT2D eigenvalue weighted by atomic mass is 35.5. The van der Waals surface area contributed by atoms with Crippen molar-refractivity contribution in [2.45, 2.75) is 25.3 Å². The third-order valence-corrected chi connectivity index (χ3v) is 7.79. The monoisotopic (exact) mass is 477 g/mol. The Hall–Kier alpha value is -2.96. The van der Waals surface area contributed by atoms with Crippen LogP contribution in [-0.4, -0.2) is 29.1 Å². The van der Waals surface area contributed by atoms with Gasteiger partial charge in [-0.2, -0.15) is 0 Å². The van der Waals surface area contributed by atoms with Gasteiger partial charge in [0.2, 0.25) is 0 Å². The lowest BCUT2D eigenvalue weighted by molar-refractivity contribution is -0.123. The summed E-state index contributed by atoms with van der Waals surface area (Å²) in [7, 11) is 0. The van der Waals surface area contributed by atoms with Gasteiger partial charge in [-0.3, -0.25) is 9.69 Å². The number of carbonyl (C=O) groups is 2. The zero-order chi connectivity index (χ0) is 23.2. The van der Waals surface area contributed by atoms with Gasteiger partial charge in [-0.1, -0.05) is 65.2 Å². The second-order valence-corrected chi connectivity index (χ2v) is 10.2. The van der Waals surface area contributed by atoms with E-state index in [2.05, 4.69) is 17.4 Å². The molecule has 1 fully saturated rings. The number of hydrogen-bond donors (Lipinski definition) is 1. The number of hydrogen-bond acceptors (Lipinski definition) is 3. The van der Waals surface area contributed by atoms with Crippen molar-refractivity contribution in [1.82, 2.24) is 4.90 Å². The molecule has 2 aliphatic rings. The summed E-state index contributed by atoms with van der Waals surface area (Å²) in [6, 6.07) is 21.0. The first-order valence-electron chi connectivity index (χ1n) is 10.9. The number of fused-ring (bicyclic) bond motifs is 2. The summed E-state index contributed by atoms with van der Waals surface area (Å²) < 4.78 is 0. The first-order valence-corrected chi connectivity index (χ1v) is 12.2. The van der Waals surface area contributed by atoms with Gasteiger partial charge in [0.25, 0.3) is 5.91 Å². The van der Waals surface area contributed by atoms with Crippen LogP contribution in [0, 0.1) is 13.8 Å². The van der Waals surface area contributed by atoms with Gasteiger partial charge in [-0.25, -0.2) is 4.79 Å². The summed E-state index contributed by atoms with van der Waals surface area (Å²) in [5, 5.41) is 3.47. The average molecular weight is 478 g/mol. The van der Waals surface area contributed by atoms with Crippen LogP contribution in [0.2, 0.25) is 5.02 Å². The molecule has 1 saturated heterocycles. The van der Waals surface area contributed by atoms with E-state index in [-0.39, 0.29) is 11.9 Å². The van der Waals surface area contributed by atoms with Gasteiger partial charge in [-0.15, -0.1) is 11.8 Å². The van der Waals surface area contributed by atoms with Crippen molar-refractivity contribution in [1.29, 1.82) is 0 Å². The standard InChI is InChI=1S/C26H24ClN3O2S/c1-17-6-9-19(10-7-17)16-29-23-11-8-18(2)14-22(23)26(24(29)31)30(12-13-33-26)25(32)28-21-5-3-4-20(27)15-21/h3-11,14-15H,12-13,16H2,1-2H3,(H,28,32)/t26-/m1/s1. The number of benzene rings is 3. The molecule has 0 aliphatic carbocycles. The first-order chi connectivity index (χ1) is 15.9. The number of amides is 3. The molecule has 0 unspecified atom stereocenters. The van der Waals surface area contributed by atoms with Crippen LogP contribution >= 0.6 is 23.4 Å². The van der Waals surface area contributed by atoms with Crippen molar-refractivity contribution >= 4 is 46.7 Å². The molecule has 3 aromatic carbocycles. The molecule has 168 valence electrons. The van der Waals surface area contributed by atoms with Crippen LogP contribution < -0.4 is 10.2 Å². The average Bonchev–Trinajstić information content (AvgIpc) is 3.32. The summed E-state index contributed by atoms with van der Waals surface area (Å²) in [4.78, 5) is 29.9. The number of urea groups is 1. The molecule has 5 nitrogen and oxygen atoms in total. The predicted molar refractivity (Wildman–Crippen MR) is 135 cm³/mol. The molecule has 7 heteroatoms. The third kappa shape index (κ3) is 3.77. The second kappa shape index (κ2) is 8.43. The number of thioether (sulfide) groups is 1. The number of rotatable bonds is 3. The van der Waals surface area contributed by atoms with Gasteiger partial charge in [0, 0.05) is 28.6 Å². The number of halogens is 1. The van der Waals surface area contributed by atoms with E-state index in [4.69, 9.17) is 11.6 Å². The van der Waals surface area contributed by atoms with E-state index >= 15 is 0 Å². The summed E-state index contributed by atoms with van der Waals surface area (Å²) >= 11 is 7.62. The van der Waals surface area contributed by atoms with E-state index in [0.29, 0.717) is 29.6 Å². The van der Waals surface area contributed by atoms with Crippen molar-refractivity contribution < 1.29 is 9.59 Å². The Morgan fingerprint density at radius 3 is 2.58 bits per heavy atom. The quantitative estimate of drug-likeness (QED) is 0.508. The lowest BCUT2D eigenvalue weighted by atomic mass is 10.0. The van der Waals surface area contributed by atoms with Crippen molar-refractivity contribution in [2.24, 2.45) is 0 Å². The van der Waals surface area contributed by atoms with Gasteiger partial charge < -0.3 is 10.2 Å². The zero-order valence-corrected chi connectivity index (χ0v) is 20.0. The van der Waals surface area contributed by atoms with Crippen molar-refractivity contribution in [3.63, 3.8) is 0 Å². The highest BCUT2D eigenvalue weighted by Gasteiger charge is 2.59. The number of anilines is 2. The molecule has 1 spiro atoms. The molecular formula is C26H24ClN3O2S. The van der Waals surface area contributed by atoms with Gasteiger partial charge in [0.1, 0.15) is 0 Å². The molecule has 1 atom stereocenters. The van der Waals surface area contributed by atoms with E-state index < -0.39 is 4.87 Å². The van der Waals surface area contributed by atoms with Crippen LogP contribution in [0.3, 0.4) is 0 Å². The van der Waals surface area contributed by atoms with E-state index in [0.717, 1.165) is 22.4 Å². The number of nitrogens with one attached hydrogen (secondary N) is 1. The van der Waals surface area contributed by atoms with E-state index in [1.807, 2.05) is 49.1 Å². The Balaban J connectivity index is 1.53. The molecule has 0 bridgehead atoms. The Kier molecular flexibility index (Phi) is 5.59. The molecule has 3 amide bonds. The van der Waals surface area contributed by atoms with Crippen LogP contribution in [-0.2, 0) is 16.2 Å². The summed E-state index contributed by atoms with van der Waals surface area (Å²) in [6.07, 6.45) is 0. The fourth-order valence-corrected chi connectivity index (χ4v) is 6.16. The fourth-order valence-electron chi connectivity index (χ4n) is 4.52. The highest BCUT2D eigenvalue weighted by Crippen LogP contribution is 2.54. The maximum Gasteiger partial charge on any atom is 0.323 e. The number of carbonyl (C=O) groups excluding carboxylic acids is 2. The molecule has 0 radical (unpaired) electrons. The van der Waals surface area contributed by atoms with Crippen LogP contribution in [0.15, 0.2) is 66.7 Å². The Labute approximate surface area is 202 Å². The Morgan fingerprint density at radius 2 is 1.82 bits per heavy atom. The van der Waals surface area contributed by atoms with Gasteiger partial charge in [-0.05, 0) is 43.7 Å². The van der Waals surface area contributed by atoms with Gasteiger partial charge >= 0.3 is 6.03 Å². The predicted octanol–water partition coefficient (Wildman–Crippen LogP) is 5.94. The van der Waals surface area contributed by atoms with E-state index in [9.17, 15) is 9.59 Å². The summed E-state index contributed by atoms with van der Waals surface area (Å²) in [5.74, 6) is 0.605. The molecule has 2 heterocycles. The van der Waals surface area contributed by atoms with E-state index in [1.54, 1.807) is 29.2 Å². The number of aryl methyl sites for hydroxylation is 2. The van der Waals surface area contributed by atoms with Crippen molar-refractivity contribution in [3.05, 3.63) is 94.0 Å². The minimum atomic E-state index is -1.07. The lowest BCUT2D eigenvalue weighted by Gasteiger charge is -2.33. The minimum Gasteiger partial charge on any atom is -0.308 e. The molecule has 0 aromatic heterocycles. The molecule has 33 heavy (non-hydrogen) atoms. The smallest absolute Gasteiger partial charge is 0.308 e. The maximum atomic E-state index is 14.1. The van der Waals surface area contributed by atoms with Crippen LogP contribution in [0.5, 0.6) is 0 Å². The van der Waals surface area contributed by atoms with Crippen LogP contribution in [0.25, 0.3) is 0 Å². The topological polar surface area (TPSA) is 52.7 Å². The SMILES string of the molecule is Cc1ccc(CN2C(=O)[C@]3(SCCN3C(=O)Nc3cccc(Cl)c3)c3cc(C)ccc32)cc1. The molecule has 5 rings (SSSR count). The second-order valence-electron chi connectivity index (χ2n) is 8.48. The Morgan fingerprint density at radius 1 is 1.06 bits per heavy atom. The minimum absolute atomic E-state index is 0.0765. The summed E-state index contributed by atoms with van der Waals surface area (Å²) in [5.41, 5.74) is 5.63. The van der Waals surface area contributed by atoms with Crippen molar-refractivity contribution in [3.8, 4) is 0 Å². The van der Waals surface area contributed by atoms with Crippen LogP contribution in [0.1, 0.15) is 22.3 Å². The van der Waals surface area contributed by atoms with Gasteiger partial charge in [0.05, 0.1) is 12.2 Å². The zero-order valence-electron chi connectivity index (χ0n) is 18.5.